The molecule has 3 rings (SSSR count). The molecule has 7 heteroatoms. The Hall–Kier alpha value is -2.54. The zero-order valence-electron chi connectivity index (χ0n) is 17.2. The summed E-state index contributed by atoms with van der Waals surface area (Å²) in [6, 6.07) is 11.5. The van der Waals surface area contributed by atoms with E-state index in [0.29, 0.717) is 34.7 Å². The Morgan fingerprint density at radius 3 is 2.69 bits per heavy atom. The summed E-state index contributed by atoms with van der Waals surface area (Å²) in [6.07, 6.45) is 0.886. The number of benzene rings is 2. The standard InChI is InChI=1S/C22H26BrN3O3/c1-5-11-29-21-16(23)12-15(13-19(21)28-4)22(27)25(3)14-20-24-17-9-7-8-10-18(17)26(20)6-2/h7-10,12-13H,5-6,11,14H2,1-4H3. The highest BCUT2D eigenvalue weighted by Crippen LogP contribution is 2.37. The topological polar surface area (TPSA) is 56.6 Å². The number of imidazole rings is 1. The number of halogens is 1. The smallest absolute Gasteiger partial charge is 0.254 e. The molecule has 0 aliphatic rings. The first kappa shape index (κ1) is 21.2. The second-order valence-electron chi connectivity index (χ2n) is 6.76. The van der Waals surface area contributed by atoms with E-state index in [4.69, 9.17) is 14.5 Å². The number of amides is 1. The van der Waals surface area contributed by atoms with Gasteiger partial charge in [-0.3, -0.25) is 4.79 Å². The molecule has 1 amide bonds. The maximum Gasteiger partial charge on any atom is 0.254 e. The zero-order chi connectivity index (χ0) is 21.0. The minimum Gasteiger partial charge on any atom is -0.493 e. The van der Waals surface area contributed by atoms with Crippen LogP contribution in [0.5, 0.6) is 11.5 Å². The predicted molar refractivity (Wildman–Crippen MR) is 118 cm³/mol. The minimum atomic E-state index is -0.110. The lowest BCUT2D eigenvalue weighted by Gasteiger charge is -2.19. The van der Waals surface area contributed by atoms with Crippen LogP contribution in [0, 0.1) is 0 Å². The van der Waals surface area contributed by atoms with E-state index in [9.17, 15) is 4.79 Å². The molecule has 0 radical (unpaired) electrons. The van der Waals surface area contributed by atoms with Gasteiger partial charge in [-0.2, -0.15) is 0 Å². The van der Waals surface area contributed by atoms with Crippen LogP contribution < -0.4 is 9.47 Å². The molecule has 0 saturated carbocycles. The van der Waals surface area contributed by atoms with Crippen molar-refractivity contribution in [1.29, 1.82) is 0 Å². The third kappa shape index (κ3) is 4.40. The Morgan fingerprint density at radius 2 is 2.00 bits per heavy atom. The molecule has 0 aliphatic heterocycles. The third-order valence-electron chi connectivity index (χ3n) is 4.70. The van der Waals surface area contributed by atoms with Gasteiger partial charge in [-0.15, -0.1) is 0 Å². The van der Waals surface area contributed by atoms with Crippen molar-refractivity contribution in [1.82, 2.24) is 14.5 Å². The maximum absolute atomic E-state index is 13.1. The number of para-hydroxylation sites is 2. The van der Waals surface area contributed by atoms with Crippen molar-refractivity contribution < 1.29 is 14.3 Å². The monoisotopic (exact) mass is 459 g/mol. The molecule has 29 heavy (non-hydrogen) atoms. The molecule has 0 spiro atoms. The number of hydrogen-bond acceptors (Lipinski definition) is 4. The fourth-order valence-corrected chi connectivity index (χ4v) is 3.85. The van der Waals surface area contributed by atoms with Crippen molar-refractivity contribution in [3.05, 3.63) is 52.3 Å². The highest BCUT2D eigenvalue weighted by molar-refractivity contribution is 9.10. The Kier molecular flexibility index (Phi) is 6.79. The van der Waals surface area contributed by atoms with E-state index in [2.05, 4.69) is 27.4 Å². The van der Waals surface area contributed by atoms with Gasteiger partial charge in [-0.05, 0) is 53.5 Å². The van der Waals surface area contributed by atoms with Gasteiger partial charge in [0.25, 0.3) is 5.91 Å². The second-order valence-corrected chi connectivity index (χ2v) is 7.61. The Bertz CT molecular complexity index is 1020. The molecule has 0 atom stereocenters. The lowest BCUT2D eigenvalue weighted by atomic mass is 10.1. The van der Waals surface area contributed by atoms with Gasteiger partial charge in [0.2, 0.25) is 0 Å². The molecule has 0 bridgehead atoms. The van der Waals surface area contributed by atoms with Gasteiger partial charge in [0, 0.05) is 19.2 Å². The number of carbonyl (C=O) groups excluding carboxylic acids is 1. The molecule has 154 valence electrons. The number of fused-ring (bicyclic) bond motifs is 1. The van der Waals surface area contributed by atoms with Gasteiger partial charge >= 0.3 is 0 Å². The van der Waals surface area contributed by atoms with Crippen molar-refractivity contribution in [2.75, 3.05) is 20.8 Å². The van der Waals surface area contributed by atoms with Gasteiger partial charge in [-0.1, -0.05) is 19.1 Å². The van der Waals surface area contributed by atoms with Crippen LogP contribution >= 0.6 is 15.9 Å². The second kappa shape index (κ2) is 9.31. The van der Waals surface area contributed by atoms with E-state index >= 15 is 0 Å². The molecule has 3 aromatic rings. The number of rotatable bonds is 8. The van der Waals surface area contributed by atoms with Crippen molar-refractivity contribution in [3.63, 3.8) is 0 Å². The summed E-state index contributed by atoms with van der Waals surface area (Å²) in [6.45, 7) is 5.90. The molecule has 1 heterocycles. The summed E-state index contributed by atoms with van der Waals surface area (Å²) in [5.41, 5.74) is 2.54. The lowest BCUT2D eigenvalue weighted by molar-refractivity contribution is 0.0779. The predicted octanol–water partition coefficient (Wildman–Crippen LogP) is 4.89. The van der Waals surface area contributed by atoms with Gasteiger partial charge in [0.15, 0.2) is 11.5 Å². The molecule has 2 aromatic carbocycles. The quantitative estimate of drug-likeness (QED) is 0.481. The molecule has 0 N–H and O–H groups in total. The third-order valence-corrected chi connectivity index (χ3v) is 5.29. The molecule has 1 aromatic heterocycles. The van der Waals surface area contributed by atoms with Crippen LogP contribution in [-0.4, -0.2) is 41.1 Å². The average Bonchev–Trinajstić information content (AvgIpc) is 3.08. The number of aromatic nitrogens is 2. The van der Waals surface area contributed by atoms with E-state index in [-0.39, 0.29) is 5.91 Å². The van der Waals surface area contributed by atoms with Crippen molar-refractivity contribution in [2.45, 2.75) is 33.4 Å². The molecular formula is C22H26BrN3O3. The first-order valence-corrected chi connectivity index (χ1v) is 10.5. The van der Waals surface area contributed by atoms with E-state index in [1.165, 1.54) is 0 Å². The summed E-state index contributed by atoms with van der Waals surface area (Å²) in [7, 11) is 3.35. The first-order valence-electron chi connectivity index (χ1n) is 9.70. The normalized spacial score (nSPS) is 10.9. The Labute approximate surface area is 179 Å². The highest BCUT2D eigenvalue weighted by Gasteiger charge is 2.20. The fraction of sp³-hybridized carbons (Fsp3) is 0.364. The van der Waals surface area contributed by atoms with Crippen LogP contribution in [0.15, 0.2) is 40.9 Å². The van der Waals surface area contributed by atoms with Gasteiger partial charge in [-0.25, -0.2) is 4.98 Å². The number of carbonyl (C=O) groups is 1. The number of aryl methyl sites for hydroxylation is 1. The Morgan fingerprint density at radius 1 is 1.24 bits per heavy atom. The molecule has 0 saturated heterocycles. The fourth-order valence-electron chi connectivity index (χ4n) is 3.29. The van der Waals surface area contributed by atoms with Gasteiger partial charge < -0.3 is 18.9 Å². The minimum absolute atomic E-state index is 0.110. The summed E-state index contributed by atoms with van der Waals surface area (Å²) < 4.78 is 14.0. The molecule has 0 fully saturated rings. The number of nitrogens with zero attached hydrogens (tertiary/aromatic N) is 3. The largest absolute Gasteiger partial charge is 0.493 e. The van der Waals surface area contributed by atoms with E-state index in [1.54, 1.807) is 31.2 Å². The van der Waals surface area contributed by atoms with Crippen LogP contribution in [0.1, 0.15) is 36.5 Å². The molecule has 0 unspecified atom stereocenters. The maximum atomic E-state index is 13.1. The van der Waals surface area contributed by atoms with Gasteiger partial charge in [0.1, 0.15) is 5.82 Å². The zero-order valence-corrected chi connectivity index (χ0v) is 18.8. The summed E-state index contributed by atoms with van der Waals surface area (Å²) in [5, 5.41) is 0. The first-order chi connectivity index (χ1) is 14.0. The van der Waals surface area contributed by atoms with Crippen LogP contribution in [-0.2, 0) is 13.1 Å². The number of ether oxygens (including phenoxy) is 2. The van der Waals surface area contributed by atoms with E-state index in [0.717, 1.165) is 29.8 Å². The van der Waals surface area contributed by atoms with Crippen LogP contribution in [0.3, 0.4) is 0 Å². The molecule has 0 aliphatic carbocycles. The van der Waals surface area contributed by atoms with Gasteiger partial charge in [0.05, 0.1) is 35.8 Å². The van der Waals surface area contributed by atoms with Crippen LogP contribution in [0.2, 0.25) is 0 Å². The summed E-state index contributed by atoms with van der Waals surface area (Å²) >= 11 is 3.51. The molecule has 6 nitrogen and oxygen atoms in total. The lowest BCUT2D eigenvalue weighted by Crippen LogP contribution is -2.27. The van der Waals surface area contributed by atoms with Crippen molar-refractivity contribution in [3.8, 4) is 11.5 Å². The number of hydrogen-bond donors (Lipinski definition) is 0. The number of methoxy groups -OCH3 is 1. The molecular weight excluding hydrogens is 434 g/mol. The highest BCUT2D eigenvalue weighted by atomic mass is 79.9. The van der Waals surface area contributed by atoms with Crippen molar-refractivity contribution in [2.24, 2.45) is 0 Å². The van der Waals surface area contributed by atoms with Crippen LogP contribution in [0.25, 0.3) is 11.0 Å². The average molecular weight is 460 g/mol. The summed E-state index contributed by atoms with van der Waals surface area (Å²) in [4.78, 5) is 19.5. The van der Waals surface area contributed by atoms with Crippen molar-refractivity contribution >= 4 is 32.9 Å². The Balaban J connectivity index is 1.86. The SMILES string of the molecule is CCCOc1c(Br)cc(C(=O)N(C)Cc2nc3ccccc3n2CC)cc1OC. The van der Waals surface area contributed by atoms with Crippen LogP contribution in [0.4, 0.5) is 0 Å². The van der Waals surface area contributed by atoms with E-state index < -0.39 is 0 Å². The van der Waals surface area contributed by atoms with E-state index in [1.807, 2.05) is 31.2 Å². The summed E-state index contributed by atoms with van der Waals surface area (Å²) in [5.74, 6) is 1.89.